The third-order valence-corrected chi connectivity index (χ3v) is 4.64. The monoisotopic (exact) mass is 343 g/mol. The number of nitrogens with zero attached hydrogens (tertiary/aromatic N) is 2. The molecule has 0 bridgehead atoms. The number of amides is 2. The van der Waals surface area contributed by atoms with Gasteiger partial charge in [0.05, 0.1) is 6.10 Å². The number of carbonyl (C=O) groups is 1. The molecule has 24 heavy (non-hydrogen) atoms. The molecular formula is C18H21N3O2S. The molecule has 2 N–H and O–H groups in total. The van der Waals surface area contributed by atoms with E-state index in [1.54, 1.807) is 18.9 Å². The number of aliphatic hydroxyl groups is 1. The molecule has 2 amide bonds. The molecule has 0 spiro atoms. The lowest BCUT2D eigenvalue weighted by atomic mass is 10.1. The zero-order valence-electron chi connectivity index (χ0n) is 13.8. The molecule has 0 aliphatic rings. The van der Waals surface area contributed by atoms with Crippen molar-refractivity contribution >= 4 is 17.4 Å². The van der Waals surface area contributed by atoms with E-state index in [4.69, 9.17) is 5.26 Å². The minimum atomic E-state index is -0.416. The van der Waals surface area contributed by atoms with Crippen molar-refractivity contribution in [3.8, 4) is 16.5 Å². The van der Waals surface area contributed by atoms with Gasteiger partial charge in [-0.3, -0.25) is 0 Å². The average molecular weight is 343 g/mol. The molecule has 0 fully saturated rings. The fraction of sp³-hybridized carbons (Fsp3) is 0.333. The van der Waals surface area contributed by atoms with Gasteiger partial charge in [-0.25, -0.2) is 4.79 Å². The van der Waals surface area contributed by atoms with Crippen LogP contribution in [0.2, 0.25) is 0 Å². The molecule has 0 radical (unpaired) electrons. The van der Waals surface area contributed by atoms with E-state index < -0.39 is 6.10 Å². The van der Waals surface area contributed by atoms with Gasteiger partial charge in [0, 0.05) is 25.0 Å². The van der Waals surface area contributed by atoms with Gasteiger partial charge in [-0.1, -0.05) is 18.2 Å². The summed E-state index contributed by atoms with van der Waals surface area (Å²) in [7, 11) is 1.71. The summed E-state index contributed by atoms with van der Waals surface area (Å²) in [6.45, 7) is 2.65. The van der Waals surface area contributed by atoms with Crippen LogP contribution in [0, 0.1) is 11.3 Å². The van der Waals surface area contributed by atoms with Gasteiger partial charge in [-0.15, -0.1) is 11.3 Å². The highest BCUT2D eigenvalue weighted by atomic mass is 32.1. The summed E-state index contributed by atoms with van der Waals surface area (Å²) in [6.07, 6.45) is 0.139. The minimum Gasteiger partial charge on any atom is -0.393 e. The van der Waals surface area contributed by atoms with Crippen LogP contribution in [0.3, 0.4) is 0 Å². The van der Waals surface area contributed by atoms with Gasteiger partial charge in [-0.2, -0.15) is 5.26 Å². The average Bonchev–Trinajstić information content (AvgIpc) is 3.07. The third kappa shape index (κ3) is 5.08. The highest BCUT2D eigenvalue weighted by Crippen LogP contribution is 2.28. The van der Waals surface area contributed by atoms with Gasteiger partial charge in [-0.05, 0) is 42.7 Å². The van der Waals surface area contributed by atoms with Crippen LogP contribution >= 0.6 is 11.3 Å². The Morgan fingerprint density at radius 2 is 2.21 bits per heavy atom. The number of nitrogens with one attached hydrogen (secondary N) is 1. The van der Waals surface area contributed by atoms with Crippen LogP contribution in [0.1, 0.15) is 23.8 Å². The summed E-state index contributed by atoms with van der Waals surface area (Å²) < 4.78 is 0. The maximum Gasteiger partial charge on any atom is 0.317 e. The molecule has 0 aliphatic carbocycles. The molecule has 5 nitrogen and oxygen atoms in total. The van der Waals surface area contributed by atoms with Crippen LogP contribution in [0.5, 0.6) is 0 Å². The summed E-state index contributed by atoms with van der Waals surface area (Å²) in [6, 6.07) is 13.6. The second-order valence-electron chi connectivity index (χ2n) is 5.69. The number of nitriles is 1. The first-order valence-corrected chi connectivity index (χ1v) is 8.57. The number of thiophene rings is 1. The van der Waals surface area contributed by atoms with Gasteiger partial charge in [0.2, 0.25) is 0 Å². The molecular weight excluding hydrogens is 322 g/mol. The number of rotatable bonds is 6. The van der Waals surface area contributed by atoms with Crippen molar-refractivity contribution in [3.63, 3.8) is 0 Å². The largest absolute Gasteiger partial charge is 0.393 e. The van der Waals surface area contributed by atoms with E-state index in [2.05, 4.69) is 11.4 Å². The second kappa shape index (κ2) is 8.48. The van der Waals surface area contributed by atoms with Crippen LogP contribution in [-0.2, 0) is 6.54 Å². The van der Waals surface area contributed by atoms with Crippen molar-refractivity contribution in [2.75, 3.05) is 13.6 Å². The van der Waals surface area contributed by atoms with Crippen molar-refractivity contribution in [3.05, 3.63) is 46.8 Å². The van der Waals surface area contributed by atoms with Crippen molar-refractivity contribution in [1.29, 1.82) is 5.26 Å². The fourth-order valence-corrected chi connectivity index (χ4v) is 2.98. The topological polar surface area (TPSA) is 76.4 Å². The molecule has 0 saturated heterocycles. The highest BCUT2D eigenvalue weighted by molar-refractivity contribution is 7.16. The van der Waals surface area contributed by atoms with Gasteiger partial charge in [0.1, 0.15) is 10.9 Å². The molecule has 1 heterocycles. The Morgan fingerprint density at radius 3 is 2.88 bits per heavy atom. The van der Waals surface area contributed by atoms with Gasteiger partial charge >= 0.3 is 6.03 Å². The van der Waals surface area contributed by atoms with Crippen LogP contribution in [-0.4, -0.2) is 35.7 Å². The van der Waals surface area contributed by atoms with E-state index >= 15 is 0 Å². The number of benzene rings is 1. The van der Waals surface area contributed by atoms with Crippen LogP contribution < -0.4 is 5.32 Å². The summed E-state index contributed by atoms with van der Waals surface area (Å²) in [5, 5.41) is 21.1. The summed E-state index contributed by atoms with van der Waals surface area (Å²) >= 11 is 1.45. The van der Waals surface area contributed by atoms with Gasteiger partial charge in [0.15, 0.2) is 0 Å². The SMILES string of the molecule is C[C@H](O)CCN(C)C(=O)NCc1cccc(-c2ccc(C#N)s2)c1. The number of urea groups is 1. The number of aliphatic hydroxyl groups excluding tert-OH is 1. The standard InChI is InChI=1S/C18H21N3O2S/c1-13(22)8-9-21(2)18(23)20-12-14-4-3-5-15(10-14)17-7-6-16(11-19)24-17/h3-7,10,13,22H,8-9,12H2,1-2H3,(H,20,23)/t13-/m0/s1. The molecule has 2 aromatic rings. The third-order valence-electron chi connectivity index (χ3n) is 3.60. The number of hydrogen-bond acceptors (Lipinski definition) is 4. The molecule has 0 aliphatic heterocycles. The van der Waals surface area contributed by atoms with Crippen molar-refractivity contribution < 1.29 is 9.90 Å². The lowest BCUT2D eigenvalue weighted by Gasteiger charge is -2.18. The maximum atomic E-state index is 12.0. The van der Waals surface area contributed by atoms with Crippen LogP contribution in [0.15, 0.2) is 36.4 Å². The first-order valence-electron chi connectivity index (χ1n) is 7.76. The van der Waals surface area contributed by atoms with E-state index in [-0.39, 0.29) is 6.03 Å². The zero-order chi connectivity index (χ0) is 17.5. The Bertz CT molecular complexity index is 734. The molecule has 1 atom stereocenters. The van der Waals surface area contributed by atoms with Crippen LogP contribution in [0.4, 0.5) is 4.79 Å². The molecule has 0 unspecified atom stereocenters. The molecule has 1 aromatic carbocycles. The summed E-state index contributed by atoms with van der Waals surface area (Å²) in [4.78, 5) is 15.3. The Morgan fingerprint density at radius 1 is 1.42 bits per heavy atom. The van der Waals surface area contributed by atoms with E-state index in [1.807, 2.05) is 36.4 Å². The minimum absolute atomic E-state index is 0.163. The Hall–Kier alpha value is -2.36. The van der Waals surface area contributed by atoms with Crippen molar-refractivity contribution in [1.82, 2.24) is 10.2 Å². The normalized spacial score (nSPS) is 11.6. The maximum absolute atomic E-state index is 12.0. The molecule has 126 valence electrons. The summed E-state index contributed by atoms with van der Waals surface area (Å²) in [5.74, 6) is 0. The Balaban J connectivity index is 1.95. The first-order chi connectivity index (χ1) is 11.5. The van der Waals surface area contributed by atoms with Crippen LogP contribution in [0.25, 0.3) is 10.4 Å². The predicted molar refractivity (Wildman–Crippen MR) is 95.6 cm³/mol. The number of carbonyl (C=O) groups excluding carboxylic acids is 1. The van der Waals surface area contributed by atoms with Crippen molar-refractivity contribution in [2.24, 2.45) is 0 Å². The molecule has 2 rings (SSSR count). The lowest BCUT2D eigenvalue weighted by Crippen LogP contribution is -2.38. The van der Waals surface area contributed by atoms with Gasteiger partial charge < -0.3 is 15.3 Å². The molecule has 0 saturated carbocycles. The highest BCUT2D eigenvalue weighted by Gasteiger charge is 2.09. The predicted octanol–water partition coefficient (Wildman–Crippen LogP) is 3.20. The zero-order valence-corrected chi connectivity index (χ0v) is 14.6. The van der Waals surface area contributed by atoms with E-state index in [9.17, 15) is 9.90 Å². The second-order valence-corrected chi connectivity index (χ2v) is 6.78. The first kappa shape index (κ1) is 18.0. The lowest BCUT2D eigenvalue weighted by molar-refractivity contribution is 0.163. The van der Waals surface area contributed by atoms with Gasteiger partial charge in [0.25, 0.3) is 0 Å². The Labute approximate surface area is 146 Å². The molecule has 1 aromatic heterocycles. The Kier molecular flexibility index (Phi) is 6.36. The fourth-order valence-electron chi connectivity index (χ4n) is 2.18. The quantitative estimate of drug-likeness (QED) is 0.845. The summed E-state index contributed by atoms with van der Waals surface area (Å²) in [5.41, 5.74) is 2.03. The molecule has 6 heteroatoms. The van der Waals surface area contributed by atoms with E-state index in [0.717, 1.165) is 16.0 Å². The van der Waals surface area contributed by atoms with E-state index in [1.165, 1.54) is 11.3 Å². The van der Waals surface area contributed by atoms with Crippen molar-refractivity contribution in [2.45, 2.75) is 26.0 Å². The van der Waals surface area contributed by atoms with E-state index in [0.29, 0.717) is 24.4 Å². The number of hydrogen-bond donors (Lipinski definition) is 2. The smallest absolute Gasteiger partial charge is 0.317 e.